The first kappa shape index (κ1) is 18.0. The van der Waals surface area contributed by atoms with Gasteiger partial charge < -0.3 is 9.47 Å². The summed E-state index contributed by atoms with van der Waals surface area (Å²) < 4.78 is 11.3. The van der Waals surface area contributed by atoms with Crippen molar-refractivity contribution in [2.75, 3.05) is 27.4 Å². The van der Waals surface area contributed by atoms with E-state index in [-0.39, 0.29) is 5.41 Å². The van der Waals surface area contributed by atoms with Crippen molar-refractivity contribution in [1.82, 2.24) is 0 Å². The van der Waals surface area contributed by atoms with Crippen molar-refractivity contribution < 1.29 is 9.47 Å². The van der Waals surface area contributed by atoms with Gasteiger partial charge in [-0.2, -0.15) is 0 Å². The summed E-state index contributed by atoms with van der Waals surface area (Å²) in [5.74, 6) is 2.50. The molecule has 1 fully saturated rings. The smallest absolute Gasteiger partial charge is 0.0543 e. The van der Waals surface area contributed by atoms with Gasteiger partial charge in [-0.15, -0.1) is 0 Å². The molecule has 0 aromatic carbocycles. The molecule has 1 atom stereocenters. The summed E-state index contributed by atoms with van der Waals surface area (Å²) >= 11 is 0. The lowest BCUT2D eigenvalue weighted by atomic mass is 9.65. The Morgan fingerprint density at radius 3 is 2.05 bits per heavy atom. The third-order valence-electron chi connectivity index (χ3n) is 5.58. The number of methoxy groups -OCH3 is 2. The summed E-state index contributed by atoms with van der Waals surface area (Å²) in [5.41, 5.74) is 0.243. The van der Waals surface area contributed by atoms with Crippen LogP contribution >= 0.6 is 0 Å². The van der Waals surface area contributed by atoms with Crippen LogP contribution in [0, 0.1) is 23.2 Å². The molecular formula is C18H36O2. The van der Waals surface area contributed by atoms with Gasteiger partial charge in [0.1, 0.15) is 0 Å². The molecule has 1 unspecified atom stereocenters. The van der Waals surface area contributed by atoms with Crippen LogP contribution in [-0.4, -0.2) is 27.4 Å². The van der Waals surface area contributed by atoms with Gasteiger partial charge in [0.05, 0.1) is 13.2 Å². The summed E-state index contributed by atoms with van der Waals surface area (Å²) in [6, 6.07) is 0. The SMILES string of the molecule is CCC(C)CCC(COC)(COC)C1CCC(C)CC1. The quantitative estimate of drug-likeness (QED) is 0.598. The van der Waals surface area contributed by atoms with Crippen LogP contribution in [0.1, 0.15) is 65.7 Å². The van der Waals surface area contributed by atoms with E-state index in [1.165, 1.54) is 44.9 Å². The second-order valence-electron chi connectivity index (χ2n) is 7.24. The maximum Gasteiger partial charge on any atom is 0.0543 e. The van der Waals surface area contributed by atoms with Crippen LogP contribution in [0.25, 0.3) is 0 Å². The number of ether oxygens (including phenoxy) is 2. The summed E-state index contributed by atoms with van der Waals surface area (Å²) in [4.78, 5) is 0. The van der Waals surface area contributed by atoms with Crippen LogP contribution < -0.4 is 0 Å². The van der Waals surface area contributed by atoms with Crippen LogP contribution in [0.4, 0.5) is 0 Å². The van der Waals surface area contributed by atoms with E-state index in [1.54, 1.807) is 0 Å². The molecular weight excluding hydrogens is 248 g/mol. The van der Waals surface area contributed by atoms with Gasteiger partial charge in [-0.25, -0.2) is 0 Å². The van der Waals surface area contributed by atoms with Crippen molar-refractivity contribution >= 4 is 0 Å². The molecule has 0 aromatic heterocycles. The highest BCUT2D eigenvalue weighted by Crippen LogP contribution is 2.44. The molecule has 0 aliphatic heterocycles. The Bertz CT molecular complexity index is 238. The van der Waals surface area contributed by atoms with Gasteiger partial charge in [0.25, 0.3) is 0 Å². The fourth-order valence-electron chi connectivity index (χ4n) is 3.81. The van der Waals surface area contributed by atoms with Gasteiger partial charge in [-0.1, -0.05) is 46.5 Å². The number of hydrogen-bond donors (Lipinski definition) is 0. The van der Waals surface area contributed by atoms with Crippen LogP contribution in [0.2, 0.25) is 0 Å². The van der Waals surface area contributed by atoms with Crippen molar-refractivity contribution in [3.05, 3.63) is 0 Å². The molecule has 2 nitrogen and oxygen atoms in total. The average Bonchev–Trinajstić information content (AvgIpc) is 2.45. The Morgan fingerprint density at radius 1 is 1.05 bits per heavy atom. The zero-order valence-electron chi connectivity index (χ0n) is 14.4. The molecule has 20 heavy (non-hydrogen) atoms. The zero-order chi connectivity index (χ0) is 15.0. The molecule has 1 rings (SSSR count). The Morgan fingerprint density at radius 2 is 1.60 bits per heavy atom. The summed E-state index contributed by atoms with van der Waals surface area (Å²) in [7, 11) is 3.69. The molecule has 0 bridgehead atoms. The lowest BCUT2D eigenvalue weighted by molar-refractivity contribution is -0.0525. The highest BCUT2D eigenvalue weighted by Gasteiger charge is 2.40. The maximum absolute atomic E-state index is 5.63. The standard InChI is InChI=1S/C18H36O2/c1-6-15(2)11-12-18(13-19-4,14-20-5)17-9-7-16(3)8-10-17/h15-17H,6-14H2,1-5H3. The molecule has 2 heteroatoms. The zero-order valence-corrected chi connectivity index (χ0v) is 14.4. The Labute approximate surface area is 126 Å². The van der Waals surface area contributed by atoms with Crippen LogP contribution in [0.5, 0.6) is 0 Å². The molecule has 0 aromatic rings. The average molecular weight is 284 g/mol. The first-order chi connectivity index (χ1) is 9.57. The summed E-state index contributed by atoms with van der Waals surface area (Å²) in [6.45, 7) is 8.77. The fourth-order valence-corrected chi connectivity index (χ4v) is 3.81. The van der Waals surface area contributed by atoms with Gasteiger partial charge in [0.15, 0.2) is 0 Å². The second-order valence-corrected chi connectivity index (χ2v) is 7.24. The Hall–Kier alpha value is -0.0800. The monoisotopic (exact) mass is 284 g/mol. The predicted molar refractivity (Wildman–Crippen MR) is 86.0 cm³/mol. The first-order valence-corrected chi connectivity index (χ1v) is 8.55. The predicted octanol–water partition coefficient (Wildman–Crippen LogP) is 4.92. The van der Waals surface area contributed by atoms with Crippen molar-refractivity contribution in [2.24, 2.45) is 23.2 Å². The van der Waals surface area contributed by atoms with E-state index in [0.717, 1.165) is 31.0 Å². The largest absolute Gasteiger partial charge is 0.384 e. The van der Waals surface area contributed by atoms with Gasteiger partial charge in [-0.3, -0.25) is 0 Å². The maximum atomic E-state index is 5.63. The van der Waals surface area contributed by atoms with Gasteiger partial charge in [-0.05, 0) is 37.0 Å². The fraction of sp³-hybridized carbons (Fsp3) is 1.00. The minimum Gasteiger partial charge on any atom is -0.384 e. The normalized spacial score (nSPS) is 25.6. The summed E-state index contributed by atoms with van der Waals surface area (Å²) in [6.07, 6.45) is 9.30. The third kappa shape index (κ3) is 5.04. The minimum absolute atomic E-state index is 0.243. The molecule has 0 saturated heterocycles. The molecule has 120 valence electrons. The third-order valence-corrected chi connectivity index (χ3v) is 5.58. The number of hydrogen-bond acceptors (Lipinski definition) is 2. The van der Waals surface area contributed by atoms with Crippen LogP contribution in [-0.2, 0) is 9.47 Å². The van der Waals surface area contributed by atoms with E-state index in [2.05, 4.69) is 20.8 Å². The van der Waals surface area contributed by atoms with E-state index in [1.807, 2.05) is 14.2 Å². The van der Waals surface area contributed by atoms with E-state index < -0.39 is 0 Å². The van der Waals surface area contributed by atoms with Gasteiger partial charge >= 0.3 is 0 Å². The van der Waals surface area contributed by atoms with Crippen LogP contribution in [0.3, 0.4) is 0 Å². The first-order valence-electron chi connectivity index (χ1n) is 8.55. The lowest BCUT2D eigenvalue weighted by Crippen LogP contribution is -2.41. The molecule has 0 N–H and O–H groups in total. The van der Waals surface area contributed by atoms with E-state index >= 15 is 0 Å². The molecule has 0 heterocycles. The van der Waals surface area contributed by atoms with Crippen molar-refractivity contribution in [1.29, 1.82) is 0 Å². The second kappa shape index (κ2) is 9.04. The van der Waals surface area contributed by atoms with E-state index in [4.69, 9.17) is 9.47 Å². The Kier molecular flexibility index (Phi) is 8.13. The molecule has 1 saturated carbocycles. The molecule has 0 spiro atoms. The lowest BCUT2D eigenvalue weighted by Gasteiger charge is -2.43. The van der Waals surface area contributed by atoms with Crippen molar-refractivity contribution in [3.8, 4) is 0 Å². The highest BCUT2D eigenvalue weighted by atomic mass is 16.5. The Balaban J connectivity index is 2.74. The minimum atomic E-state index is 0.243. The topological polar surface area (TPSA) is 18.5 Å². The number of rotatable bonds is 9. The summed E-state index contributed by atoms with van der Waals surface area (Å²) in [5, 5.41) is 0. The van der Waals surface area contributed by atoms with Crippen LogP contribution in [0.15, 0.2) is 0 Å². The molecule has 1 aliphatic rings. The molecule has 1 aliphatic carbocycles. The van der Waals surface area contributed by atoms with Crippen molar-refractivity contribution in [2.45, 2.75) is 65.7 Å². The molecule has 0 radical (unpaired) electrons. The molecule has 0 amide bonds. The van der Waals surface area contributed by atoms with Crippen molar-refractivity contribution in [3.63, 3.8) is 0 Å². The highest BCUT2D eigenvalue weighted by molar-refractivity contribution is 4.89. The van der Waals surface area contributed by atoms with Gasteiger partial charge in [0.2, 0.25) is 0 Å². The van der Waals surface area contributed by atoms with E-state index in [9.17, 15) is 0 Å². The van der Waals surface area contributed by atoms with Gasteiger partial charge in [0, 0.05) is 19.6 Å². The van der Waals surface area contributed by atoms with E-state index in [0.29, 0.717) is 0 Å².